The Morgan fingerprint density at radius 1 is 0.854 bits per heavy atom. The van der Waals surface area contributed by atoms with Gasteiger partial charge in [0.2, 0.25) is 0 Å². The van der Waals surface area contributed by atoms with Crippen molar-refractivity contribution in [2.45, 2.75) is 143 Å². The second-order valence-corrected chi connectivity index (χ2v) is 16.7. The first kappa shape index (κ1) is 30.1. The summed E-state index contributed by atoms with van der Waals surface area (Å²) in [6.45, 7) is 14.1. The van der Waals surface area contributed by atoms with Crippen molar-refractivity contribution >= 4 is 5.97 Å². The van der Waals surface area contributed by atoms with E-state index >= 15 is 0 Å². The molecule has 1 heterocycles. The number of aliphatic hydroxyl groups excluding tert-OH is 3. The van der Waals surface area contributed by atoms with Gasteiger partial charge in [0.25, 0.3) is 0 Å². The lowest BCUT2D eigenvalue weighted by Crippen LogP contribution is -2.62. The molecule has 1 aliphatic heterocycles. The van der Waals surface area contributed by atoms with Crippen molar-refractivity contribution < 1.29 is 30.0 Å². The van der Waals surface area contributed by atoms with Crippen LogP contribution in [0.5, 0.6) is 0 Å². The van der Waals surface area contributed by atoms with E-state index in [4.69, 9.17) is 4.74 Å². The van der Waals surface area contributed by atoms with E-state index < -0.39 is 41.9 Å². The molecule has 4 N–H and O–H groups in total. The number of carbonyl (C=O) groups is 1. The van der Waals surface area contributed by atoms with Gasteiger partial charge in [-0.25, -0.2) is 0 Å². The molecule has 5 aliphatic carbocycles. The van der Waals surface area contributed by atoms with E-state index in [1.807, 2.05) is 0 Å². The van der Waals surface area contributed by atoms with Gasteiger partial charge in [-0.05, 0) is 129 Å². The second-order valence-electron chi connectivity index (χ2n) is 16.7. The monoisotopic (exact) mass is 572 g/mol. The van der Waals surface area contributed by atoms with Crippen LogP contribution in [-0.4, -0.2) is 56.9 Å². The molecule has 0 amide bonds. The van der Waals surface area contributed by atoms with E-state index in [0.29, 0.717) is 36.0 Å². The van der Waals surface area contributed by atoms with E-state index in [2.05, 4.69) is 40.7 Å². The van der Waals surface area contributed by atoms with Crippen LogP contribution in [0.3, 0.4) is 0 Å². The van der Waals surface area contributed by atoms with E-state index in [0.717, 1.165) is 51.4 Å². The standard InChI is InChI=1S/C35H56O6/c1-19-9-15-35(31(39)40)16-11-23-22(24(35)17-19)7-8-27-33(23,5)14-12-26-32(3,4)21(10-13-34(26,27)6)18-25-29(37)30(38)28(36)20(2)41-25/h7,19-21,23-30,36-38H,8-18H2,1-6H3,(H,39,40). The molecule has 0 bridgehead atoms. The van der Waals surface area contributed by atoms with Crippen molar-refractivity contribution in [2.75, 3.05) is 0 Å². The molecule has 0 aromatic heterocycles. The molecule has 232 valence electrons. The number of carboxylic acids is 1. The summed E-state index contributed by atoms with van der Waals surface area (Å²) in [5, 5.41) is 41.9. The highest BCUT2D eigenvalue weighted by molar-refractivity contribution is 5.76. The fourth-order valence-electron chi connectivity index (χ4n) is 12.3. The van der Waals surface area contributed by atoms with Crippen molar-refractivity contribution in [3.63, 3.8) is 0 Å². The second kappa shape index (κ2) is 10.0. The zero-order chi connectivity index (χ0) is 29.7. The summed E-state index contributed by atoms with van der Waals surface area (Å²) >= 11 is 0. The summed E-state index contributed by atoms with van der Waals surface area (Å²) in [5.74, 6) is 2.28. The van der Waals surface area contributed by atoms with Crippen LogP contribution >= 0.6 is 0 Å². The number of allylic oxidation sites excluding steroid dienone is 2. The topological polar surface area (TPSA) is 107 Å². The van der Waals surface area contributed by atoms with Crippen molar-refractivity contribution in [1.82, 2.24) is 0 Å². The molecular weight excluding hydrogens is 516 g/mol. The van der Waals surface area contributed by atoms with Crippen LogP contribution in [0.2, 0.25) is 0 Å². The molecule has 5 fully saturated rings. The van der Waals surface area contributed by atoms with Crippen LogP contribution in [0.15, 0.2) is 11.6 Å². The SMILES string of the molecule is CC1CCC2(C(=O)O)CCC3C(=CCC4C3(C)CCC3C(C)(C)C(CC5OC(C)C(O)C(O)C5O)CCC34C)C2C1. The Bertz CT molecular complexity index is 1070. The van der Waals surface area contributed by atoms with Gasteiger partial charge in [-0.15, -0.1) is 0 Å². The zero-order valence-electron chi connectivity index (χ0n) is 26.3. The predicted molar refractivity (Wildman–Crippen MR) is 158 cm³/mol. The summed E-state index contributed by atoms with van der Waals surface area (Å²) in [5.41, 5.74) is 1.45. The average molecular weight is 573 g/mol. The molecule has 41 heavy (non-hydrogen) atoms. The van der Waals surface area contributed by atoms with Gasteiger partial charge in [0, 0.05) is 0 Å². The molecule has 1 saturated heterocycles. The van der Waals surface area contributed by atoms with Gasteiger partial charge in [-0.3, -0.25) is 4.79 Å². The minimum Gasteiger partial charge on any atom is -0.481 e. The summed E-state index contributed by atoms with van der Waals surface area (Å²) in [6, 6.07) is 0. The van der Waals surface area contributed by atoms with Crippen LogP contribution in [-0.2, 0) is 9.53 Å². The van der Waals surface area contributed by atoms with E-state index in [9.17, 15) is 25.2 Å². The summed E-state index contributed by atoms with van der Waals surface area (Å²) in [4.78, 5) is 12.7. The predicted octanol–water partition coefficient (Wildman–Crippen LogP) is 5.97. The van der Waals surface area contributed by atoms with Crippen LogP contribution in [0, 0.1) is 57.2 Å². The lowest BCUT2D eigenvalue weighted by Gasteiger charge is -2.68. The highest BCUT2D eigenvalue weighted by Gasteiger charge is 2.65. The molecule has 0 aromatic rings. The number of hydrogen-bond acceptors (Lipinski definition) is 5. The molecule has 6 rings (SSSR count). The van der Waals surface area contributed by atoms with E-state index in [-0.39, 0.29) is 22.2 Å². The molecule has 14 unspecified atom stereocenters. The molecule has 6 aliphatic rings. The number of carboxylic acid groups (broad SMARTS) is 1. The fourth-order valence-corrected chi connectivity index (χ4v) is 12.3. The van der Waals surface area contributed by atoms with Crippen molar-refractivity contribution in [3.8, 4) is 0 Å². The van der Waals surface area contributed by atoms with Crippen molar-refractivity contribution in [2.24, 2.45) is 57.2 Å². The highest BCUT2D eigenvalue weighted by atomic mass is 16.5. The first-order chi connectivity index (χ1) is 19.2. The Labute approximate surface area is 247 Å². The minimum absolute atomic E-state index is 0.0650. The van der Waals surface area contributed by atoms with Crippen molar-refractivity contribution in [3.05, 3.63) is 11.6 Å². The van der Waals surface area contributed by atoms with Gasteiger partial charge in [0.1, 0.15) is 18.3 Å². The smallest absolute Gasteiger partial charge is 0.310 e. The Morgan fingerprint density at radius 2 is 1.54 bits per heavy atom. The van der Waals surface area contributed by atoms with Gasteiger partial charge in [0.05, 0.1) is 17.6 Å². The van der Waals surface area contributed by atoms with Gasteiger partial charge >= 0.3 is 5.97 Å². The zero-order valence-corrected chi connectivity index (χ0v) is 26.3. The van der Waals surface area contributed by atoms with Gasteiger partial charge < -0.3 is 25.2 Å². The van der Waals surface area contributed by atoms with Crippen LogP contribution in [0.25, 0.3) is 0 Å². The first-order valence-corrected chi connectivity index (χ1v) is 16.8. The number of aliphatic carboxylic acids is 1. The lowest BCUT2D eigenvalue weighted by molar-refractivity contribution is -0.229. The van der Waals surface area contributed by atoms with Crippen LogP contribution in [0.4, 0.5) is 0 Å². The Balaban J connectivity index is 1.26. The third-order valence-electron chi connectivity index (χ3n) is 14.7. The normalized spacial score (nSPS) is 54.6. The molecule has 14 atom stereocenters. The van der Waals surface area contributed by atoms with Gasteiger partial charge in [0.15, 0.2) is 0 Å². The van der Waals surface area contributed by atoms with Crippen LogP contribution < -0.4 is 0 Å². The maximum Gasteiger partial charge on any atom is 0.310 e. The van der Waals surface area contributed by atoms with Gasteiger partial charge in [-0.2, -0.15) is 0 Å². The molecule has 0 aromatic carbocycles. The lowest BCUT2D eigenvalue weighted by atomic mass is 9.36. The van der Waals surface area contributed by atoms with Crippen LogP contribution in [0.1, 0.15) is 112 Å². The number of rotatable bonds is 3. The molecule has 6 nitrogen and oxygen atoms in total. The quantitative estimate of drug-likeness (QED) is 0.311. The third-order valence-corrected chi connectivity index (χ3v) is 14.7. The molecule has 0 radical (unpaired) electrons. The molecular formula is C35H56O6. The maximum atomic E-state index is 12.7. The fraction of sp³-hybridized carbons (Fsp3) is 0.914. The molecule has 4 saturated carbocycles. The number of ether oxygens (including phenoxy) is 1. The maximum absolute atomic E-state index is 12.7. The number of aliphatic hydroxyl groups is 3. The molecule has 6 heteroatoms. The highest BCUT2D eigenvalue weighted by Crippen LogP contribution is 2.72. The largest absolute Gasteiger partial charge is 0.481 e. The Hall–Kier alpha value is -0.950. The van der Waals surface area contributed by atoms with Gasteiger partial charge in [-0.1, -0.05) is 46.3 Å². The Kier molecular flexibility index (Phi) is 7.37. The Morgan fingerprint density at radius 3 is 2.24 bits per heavy atom. The third kappa shape index (κ3) is 4.27. The van der Waals surface area contributed by atoms with E-state index in [1.165, 1.54) is 18.4 Å². The number of fused-ring (bicyclic) bond motifs is 7. The average Bonchev–Trinajstić information content (AvgIpc) is 2.91. The summed E-state index contributed by atoms with van der Waals surface area (Å²) in [7, 11) is 0. The molecule has 0 spiro atoms. The minimum atomic E-state index is -1.16. The number of hydrogen-bond donors (Lipinski definition) is 4. The summed E-state index contributed by atoms with van der Waals surface area (Å²) < 4.78 is 6.07. The first-order valence-electron chi connectivity index (χ1n) is 16.8. The summed E-state index contributed by atoms with van der Waals surface area (Å²) in [6.07, 6.45) is 9.48. The van der Waals surface area contributed by atoms with Crippen molar-refractivity contribution in [1.29, 1.82) is 0 Å². The van der Waals surface area contributed by atoms with E-state index in [1.54, 1.807) is 6.92 Å².